The van der Waals surface area contributed by atoms with Crippen LogP contribution in [0.3, 0.4) is 0 Å². The number of nitrogens with zero attached hydrogens (tertiary/aromatic N) is 1. The Morgan fingerprint density at radius 2 is 2.55 bits per heavy atom. The maximum Gasteiger partial charge on any atom is 0.257 e. The molecule has 11 heavy (non-hydrogen) atoms. The number of hydrogen-bond acceptors (Lipinski definition) is 2. The molecule has 0 saturated carbocycles. The second-order valence-corrected chi connectivity index (χ2v) is 3.40. The first-order valence-electron chi connectivity index (χ1n) is 3.40. The van der Waals surface area contributed by atoms with Crippen molar-refractivity contribution in [3.8, 4) is 0 Å². The highest BCUT2D eigenvalue weighted by molar-refractivity contribution is 8.14. The van der Waals surface area contributed by atoms with Crippen molar-refractivity contribution in [2.24, 2.45) is 4.99 Å². The predicted octanol–water partition coefficient (Wildman–Crippen LogP) is 1.33. The van der Waals surface area contributed by atoms with Gasteiger partial charge >= 0.3 is 0 Å². The van der Waals surface area contributed by atoms with Crippen molar-refractivity contribution in [2.45, 2.75) is 19.4 Å². The molecule has 64 valence electrons. The first-order chi connectivity index (χ1) is 5.18. The molecule has 0 aliphatic carbocycles. The Balaban J connectivity index is 2.30. The average molecular weight is 180 g/mol. The third-order valence-corrected chi connectivity index (χ3v) is 2.40. The zero-order chi connectivity index (χ0) is 8.27. The van der Waals surface area contributed by atoms with E-state index in [1.165, 1.54) is 11.8 Å². The van der Waals surface area contributed by atoms with Crippen LogP contribution in [0, 0.1) is 0 Å². The molecule has 1 aliphatic rings. The van der Waals surface area contributed by atoms with Crippen molar-refractivity contribution in [1.29, 1.82) is 0 Å². The van der Waals surface area contributed by atoms with Crippen LogP contribution in [0.4, 0.5) is 8.78 Å². The molecule has 1 fully saturated rings. The van der Waals surface area contributed by atoms with Crippen LogP contribution >= 0.6 is 11.8 Å². The van der Waals surface area contributed by atoms with E-state index in [0.717, 1.165) is 5.75 Å². The summed E-state index contributed by atoms with van der Waals surface area (Å²) in [4.78, 5) is 3.69. The van der Waals surface area contributed by atoms with Gasteiger partial charge in [-0.2, -0.15) is 0 Å². The highest BCUT2D eigenvalue weighted by atomic mass is 32.2. The average Bonchev–Trinajstić information content (AvgIpc) is 2.31. The molecule has 2 nitrogen and oxygen atoms in total. The van der Waals surface area contributed by atoms with Crippen molar-refractivity contribution in [1.82, 2.24) is 5.32 Å². The van der Waals surface area contributed by atoms with Crippen LogP contribution in [0.15, 0.2) is 4.99 Å². The standard InChI is InChI=1S/C6H10F2N2S/c1-4-3-11-6(10-4)9-2-5(7)8/h4-5H,2-3H2,1H3,(H,9,10). The van der Waals surface area contributed by atoms with Gasteiger partial charge in [-0.3, -0.25) is 4.99 Å². The smallest absolute Gasteiger partial charge is 0.257 e. The summed E-state index contributed by atoms with van der Waals surface area (Å²) in [7, 11) is 0. The largest absolute Gasteiger partial charge is 0.362 e. The molecule has 0 aromatic carbocycles. The summed E-state index contributed by atoms with van der Waals surface area (Å²) < 4.78 is 23.3. The summed E-state index contributed by atoms with van der Waals surface area (Å²) in [6.07, 6.45) is -2.33. The quantitative estimate of drug-likeness (QED) is 0.693. The van der Waals surface area contributed by atoms with E-state index in [-0.39, 0.29) is 6.54 Å². The van der Waals surface area contributed by atoms with Gasteiger partial charge < -0.3 is 5.32 Å². The van der Waals surface area contributed by atoms with Crippen LogP contribution in [-0.2, 0) is 0 Å². The van der Waals surface area contributed by atoms with E-state index in [2.05, 4.69) is 10.3 Å². The van der Waals surface area contributed by atoms with Crippen LogP contribution in [0.2, 0.25) is 0 Å². The molecule has 0 radical (unpaired) electrons. The fourth-order valence-electron chi connectivity index (χ4n) is 0.741. The van der Waals surface area contributed by atoms with Gasteiger partial charge in [0.2, 0.25) is 0 Å². The molecule has 0 amide bonds. The number of rotatable bonds is 2. The second-order valence-electron chi connectivity index (χ2n) is 2.39. The van der Waals surface area contributed by atoms with E-state index in [4.69, 9.17) is 0 Å². The molecule has 0 aromatic rings. The Morgan fingerprint density at radius 3 is 3.00 bits per heavy atom. The summed E-state index contributed by atoms with van der Waals surface area (Å²) in [6, 6.07) is 0.358. The monoisotopic (exact) mass is 180 g/mol. The Labute approximate surface area is 68.5 Å². The van der Waals surface area contributed by atoms with Crippen LogP contribution in [-0.4, -0.2) is 29.9 Å². The lowest BCUT2D eigenvalue weighted by Gasteiger charge is -1.99. The minimum atomic E-state index is -2.33. The minimum Gasteiger partial charge on any atom is -0.362 e. The van der Waals surface area contributed by atoms with Crippen molar-refractivity contribution in [3.63, 3.8) is 0 Å². The van der Waals surface area contributed by atoms with Gasteiger partial charge in [0, 0.05) is 11.8 Å². The summed E-state index contributed by atoms with van der Waals surface area (Å²) in [6.45, 7) is 1.61. The Bertz CT molecular complexity index is 161. The number of aliphatic imine (C=N–C) groups is 1. The lowest BCUT2D eigenvalue weighted by atomic mass is 10.4. The predicted molar refractivity (Wildman–Crippen MR) is 43.4 cm³/mol. The van der Waals surface area contributed by atoms with Crippen LogP contribution in [0.1, 0.15) is 6.92 Å². The van der Waals surface area contributed by atoms with Crippen LogP contribution in [0.5, 0.6) is 0 Å². The molecule has 1 unspecified atom stereocenters. The van der Waals surface area contributed by atoms with Gasteiger partial charge in [-0.05, 0) is 6.92 Å². The van der Waals surface area contributed by atoms with E-state index in [1.807, 2.05) is 6.92 Å². The van der Waals surface area contributed by atoms with E-state index < -0.39 is 6.43 Å². The Kier molecular flexibility index (Phi) is 3.11. The van der Waals surface area contributed by atoms with Crippen LogP contribution < -0.4 is 5.32 Å². The van der Waals surface area contributed by atoms with E-state index in [1.54, 1.807) is 0 Å². The van der Waals surface area contributed by atoms with Gasteiger partial charge in [0.15, 0.2) is 5.17 Å². The normalized spacial score (nSPS) is 28.0. The summed E-state index contributed by atoms with van der Waals surface area (Å²) in [5, 5.41) is 3.64. The molecule has 1 heterocycles. The first-order valence-corrected chi connectivity index (χ1v) is 4.39. The molecule has 1 saturated heterocycles. The SMILES string of the molecule is CC1CSC(=NCC(F)F)N1. The zero-order valence-electron chi connectivity index (χ0n) is 6.18. The molecule has 1 atom stereocenters. The maximum atomic E-state index is 11.6. The molecule has 0 spiro atoms. The molecule has 1 N–H and O–H groups in total. The van der Waals surface area contributed by atoms with Gasteiger partial charge in [0.25, 0.3) is 6.43 Å². The highest BCUT2D eigenvalue weighted by Gasteiger charge is 2.15. The van der Waals surface area contributed by atoms with Crippen LogP contribution in [0.25, 0.3) is 0 Å². The molecule has 0 bridgehead atoms. The van der Waals surface area contributed by atoms with Gasteiger partial charge in [0.1, 0.15) is 6.54 Å². The van der Waals surface area contributed by atoms with Gasteiger partial charge in [-0.1, -0.05) is 11.8 Å². The topological polar surface area (TPSA) is 24.4 Å². The highest BCUT2D eigenvalue weighted by Crippen LogP contribution is 2.13. The third kappa shape index (κ3) is 3.05. The molecular weight excluding hydrogens is 170 g/mol. The second kappa shape index (κ2) is 3.90. The van der Waals surface area contributed by atoms with E-state index in [0.29, 0.717) is 11.2 Å². The van der Waals surface area contributed by atoms with Crippen molar-refractivity contribution >= 4 is 16.9 Å². The van der Waals surface area contributed by atoms with Crippen molar-refractivity contribution < 1.29 is 8.78 Å². The minimum absolute atomic E-state index is 0.358. The Morgan fingerprint density at radius 1 is 1.82 bits per heavy atom. The number of alkyl halides is 2. The van der Waals surface area contributed by atoms with Gasteiger partial charge in [-0.15, -0.1) is 0 Å². The summed E-state index contributed by atoms with van der Waals surface area (Å²) in [5.41, 5.74) is 0. The van der Waals surface area contributed by atoms with Gasteiger partial charge in [-0.25, -0.2) is 8.78 Å². The van der Waals surface area contributed by atoms with Gasteiger partial charge in [0.05, 0.1) is 0 Å². The number of hydrogen-bond donors (Lipinski definition) is 1. The lowest BCUT2D eigenvalue weighted by molar-refractivity contribution is 0.159. The number of nitrogens with one attached hydrogen (secondary N) is 1. The number of amidine groups is 1. The molecule has 5 heteroatoms. The molecule has 1 rings (SSSR count). The van der Waals surface area contributed by atoms with Crippen molar-refractivity contribution in [3.05, 3.63) is 0 Å². The molecular formula is C6H10F2N2S. The number of thioether (sulfide) groups is 1. The van der Waals surface area contributed by atoms with E-state index >= 15 is 0 Å². The Hall–Kier alpha value is -0.320. The maximum absolute atomic E-state index is 11.6. The molecule has 1 aliphatic heterocycles. The first kappa shape index (κ1) is 8.77. The van der Waals surface area contributed by atoms with E-state index in [9.17, 15) is 8.78 Å². The summed E-state index contributed by atoms with van der Waals surface area (Å²) in [5.74, 6) is 0.919. The lowest BCUT2D eigenvalue weighted by Crippen LogP contribution is -2.23. The number of halogens is 2. The molecule has 0 aromatic heterocycles. The fraction of sp³-hybridized carbons (Fsp3) is 0.833. The zero-order valence-corrected chi connectivity index (χ0v) is 7.00. The third-order valence-electron chi connectivity index (χ3n) is 1.21. The fourth-order valence-corrected chi connectivity index (χ4v) is 1.68. The summed E-state index contributed by atoms with van der Waals surface area (Å²) >= 11 is 1.50. The van der Waals surface area contributed by atoms with Crippen molar-refractivity contribution in [2.75, 3.05) is 12.3 Å².